The Labute approximate surface area is 152 Å². The summed E-state index contributed by atoms with van der Waals surface area (Å²) >= 11 is 0. The molecular formula is C19H20N2O4S. The van der Waals surface area contributed by atoms with Gasteiger partial charge < -0.3 is 14.5 Å². The molecule has 2 aromatic heterocycles. The molecule has 6 nitrogen and oxygen atoms in total. The molecule has 0 saturated heterocycles. The minimum atomic E-state index is -3.30. The molecule has 1 N–H and O–H groups in total. The molecular weight excluding hydrogens is 352 g/mol. The third-order valence-corrected chi connectivity index (χ3v) is 5.05. The molecule has 2 heterocycles. The fraction of sp³-hybridized carbons (Fsp3) is 0.211. The molecule has 0 fully saturated rings. The minimum absolute atomic E-state index is 0.107. The molecule has 0 amide bonds. The highest BCUT2D eigenvalue weighted by Gasteiger charge is 2.12. The first-order valence-corrected chi connectivity index (χ1v) is 10.00. The van der Waals surface area contributed by atoms with E-state index in [-0.39, 0.29) is 10.9 Å². The lowest BCUT2D eigenvalue weighted by molar-refractivity contribution is 0.447. The molecule has 0 saturated carbocycles. The van der Waals surface area contributed by atoms with Gasteiger partial charge in [-0.15, -0.1) is 0 Å². The van der Waals surface area contributed by atoms with E-state index in [1.165, 1.54) is 18.4 Å². The number of rotatable bonds is 7. The van der Waals surface area contributed by atoms with E-state index in [2.05, 4.69) is 10.3 Å². The van der Waals surface area contributed by atoms with Gasteiger partial charge in [0.1, 0.15) is 5.75 Å². The van der Waals surface area contributed by atoms with Gasteiger partial charge in [0.05, 0.1) is 17.4 Å². The van der Waals surface area contributed by atoms with Crippen LogP contribution in [0.1, 0.15) is 24.1 Å². The van der Waals surface area contributed by atoms with Crippen LogP contribution in [-0.2, 0) is 16.4 Å². The molecule has 3 aromatic rings. The smallest absolute Gasteiger partial charge is 0.223 e. The van der Waals surface area contributed by atoms with Gasteiger partial charge in [-0.25, -0.2) is 13.4 Å². The van der Waals surface area contributed by atoms with Crippen LogP contribution < -0.4 is 10.1 Å². The Morgan fingerprint density at radius 3 is 2.81 bits per heavy atom. The van der Waals surface area contributed by atoms with Crippen molar-refractivity contribution >= 4 is 9.84 Å². The first-order chi connectivity index (χ1) is 12.4. The number of nitrogens with zero attached hydrogens (tertiary/aromatic N) is 1. The number of furan rings is 1. The second-order valence-corrected chi connectivity index (χ2v) is 7.99. The lowest BCUT2D eigenvalue weighted by Gasteiger charge is -2.14. The molecule has 26 heavy (non-hydrogen) atoms. The Bertz CT molecular complexity index is 969. The third kappa shape index (κ3) is 4.50. The van der Waals surface area contributed by atoms with Crippen LogP contribution in [0, 0.1) is 0 Å². The number of ether oxygens (including phenoxy) is 1. The van der Waals surface area contributed by atoms with Gasteiger partial charge in [-0.2, -0.15) is 0 Å². The van der Waals surface area contributed by atoms with Gasteiger partial charge in [-0.3, -0.25) is 0 Å². The normalized spacial score (nSPS) is 12.7. The Morgan fingerprint density at radius 1 is 1.23 bits per heavy atom. The number of hydrogen-bond donors (Lipinski definition) is 1. The highest BCUT2D eigenvalue weighted by atomic mass is 32.2. The summed E-state index contributed by atoms with van der Waals surface area (Å²) in [7, 11) is -3.30. The number of nitrogens with one attached hydrogen (secondary N) is 1. The van der Waals surface area contributed by atoms with E-state index < -0.39 is 9.84 Å². The van der Waals surface area contributed by atoms with E-state index in [1.807, 2.05) is 25.1 Å². The second kappa shape index (κ2) is 7.72. The van der Waals surface area contributed by atoms with Gasteiger partial charge >= 0.3 is 0 Å². The molecule has 0 aliphatic heterocycles. The largest absolute Gasteiger partial charge is 0.472 e. The van der Waals surface area contributed by atoms with Crippen molar-refractivity contribution in [2.24, 2.45) is 0 Å². The topological polar surface area (TPSA) is 81.4 Å². The van der Waals surface area contributed by atoms with Crippen LogP contribution in [0.2, 0.25) is 0 Å². The molecule has 0 aliphatic carbocycles. The molecule has 0 spiro atoms. The van der Waals surface area contributed by atoms with E-state index >= 15 is 0 Å². The van der Waals surface area contributed by atoms with E-state index in [0.717, 1.165) is 11.1 Å². The predicted octanol–water partition coefficient (Wildman–Crippen LogP) is 3.72. The Kier molecular flexibility index (Phi) is 5.39. The quantitative estimate of drug-likeness (QED) is 0.681. The zero-order valence-electron chi connectivity index (χ0n) is 14.5. The average molecular weight is 372 g/mol. The summed E-state index contributed by atoms with van der Waals surface area (Å²) in [4.78, 5) is 4.48. The number of pyridine rings is 1. The number of aromatic nitrogens is 1. The monoisotopic (exact) mass is 372 g/mol. The molecule has 1 unspecified atom stereocenters. The maximum atomic E-state index is 11.7. The molecule has 1 atom stereocenters. The Balaban J connectivity index is 1.75. The lowest BCUT2D eigenvalue weighted by Crippen LogP contribution is -2.18. The van der Waals surface area contributed by atoms with Crippen molar-refractivity contribution in [3.05, 3.63) is 72.3 Å². The van der Waals surface area contributed by atoms with Crippen LogP contribution in [0.5, 0.6) is 11.6 Å². The fourth-order valence-electron chi connectivity index (χ4n) is 2.43. The van der Waals surface area contributed by atoms with Crippen molar-refractivity contribution in [1.82, 2.24) is 10.3 Å². The van der Waals surface area contributed by atoms with E-state index in [9.17, 15) is 8.42 Å². The van der Waals surface area contributed by atoms with Crippen LogP contribution in [0.3, 0.4) is 0 Å². The number of benzene rings is 1. The number of hydrogen-bond acceptors (Lipinski definition) is 6. The van der Waals surface area contributed by atoms with Crippen molar-refractivity contribution in [3.63, 3.8) is 0 Å². The summed E-state index contributed by atoms with van der Waals surface area (Å²) in [6.07, 6.45) is 6.15. The lowest BCUT2D eigenvalue weighted by atomic mass is 10.1. The van der Waals surface area contributed by atoms with Crippen LogP contribution in [0.25, 0.3) is 0 Å². The molecule has 1 aromatic carbocycles. The molecule has 136 valence electrons. The maximum absolute atomic E-state index is 11.7. The Morgan fingerprint density at radius 2 is 2.08 bits per heavy atom. The van der Waals surface area contributed by atoms with E-state index in [4.69, 9.17) is 9.15 Å². The molecule has 3 rings (SSSR count). The van der Waals surface area contributed by atoms with Gasteiger partial charge in [0.25, 0.3) is 0 Å². The molecule has 0 aliphatic rings. The fourth-order valence-corrected chi connectivity index (χ4v) is 3.09. The van der Waals surface area contributed by atoms with Crippen LogP contribution >= 0.6 is 0 Å². The predicted molar refractivity (Wildman–Crippen MR) is 97.8 cm³/mol. The second-order valence-electron chi connectivity index (χ2n) is 5.98. The van der Waals surface area contributed by atoms with Crippen molar-refractivity contribution in [2.75, 3.05) is 6.26 Å². The van der Waals surface area contributed by atoms with Gasteiger partial charge in [0, 0.05) is 36.2 Å². The SMILES string of the molecule is CC(NCc1cccnc1Oc1cccc(S(C)(=O)=O)c1)c1ccoc1. The van der Waals surface area contributed by atoms with Gasteiger partial charge in [0.15, 0.2) is 9.84 Å². The summed E-state index contributed by atoms with van der Waals surface area (Å²) in [5.41, 5.74) is 1.92. The van der Waals surface area contributed by atoms with Crippen molar-refractivity contribution < 1.29 is 17.6 Å². The maximum Gasteiger partial charge on any atom is 0.223 e. The highest BCUT2D eigenvalue weighted by molar-refractivity contribution is 7.90. The first kappa shape index (κ1) is 18.2. The summed E-state index contributed by atoms with van der Waals surface area (Å²) in [5, 5.41) is 3.39. The van der Waals surface area contributed by atoms with Gasteiger partial charge in [0.2, 0.25) is 5.88 Å². The van der Waals surface area contributed by atoms with E-state index in [1.54, 1.807) is 30.9 Å². The minimum Gasteiger partial charge on any atom is -0.472 e. The molecule has 0 bridgehead atoms. The van der Waals surface area contributed by atoms with Crippen LogP contribution in [0.4, 0.5) is 0 Å². The summed E-state index contributed by atoms with van der Waals surface area (Å²) in [5.74, 6) is 0.862. The summed E-state index contributed by atoms with van der Waals surface area (Å²) in [6, 6.07) is 12.1. The number of sulfone groups is 1. The van der Waals surface area contributed by atoms with Crippen molar-refractivity contribution in [2.45, 2.75) is 24.4 Å². The zero-order chi connectivity index (χ0) is 18.6. The standard InChI is InChI=1S/C19H20N2O4S/c1-14(16-8-10-24-13-16)21-12-15-5-4-9-20-19(15)25-17-6-3-7-18(11-17)26(2,22)23/h3-11,13-14,21H,12H2,1-2H3. The summed E-state index contributed by atoms with van der Waals surface area (Å²) in [6.45, 7) is 2.58. The molecule has 0 radical (unpaired) electrons. The molecule has 7 heteroatoms. The third-order valence-electron chi connectivity index (χ3n) is 3.94. The summed E-state index contributed by atoms with van der Waals surface area (Å²) < 4.78 is 34.3. The Hall–Kier alpha value is -2.64. The van der Waals surface area contributed by atoms with Crippen molar-refractivity contribution in [1.29, 1.82) is 0 Å². The zero-order valence-corrected chi connectivity index (χ0v) is 15.4. The highest BCUT2D eigenvalue weighted by Crippen LogP contribution is 2.25. The van der Waals surface area contributed by atoms with Crippen LogP contribution in [-0.4, -0.2) is 19.7 Å². The first-order valence-electron chi connectivity index (χ1n) is 8.11. The average Bonchev–Trinajstić information content (AvgIpc) is 3.15. The van der Waals surface area contributed by atoms with Gasteiger partial charge in [-0.1, -0.05) is 12.1 Å². The van der Waals surface area contributed by atoms with Crippen molar-refractivity contribution in [3.8, 4) is 11.6 Å². The van der Waals surface area contributed by atoms with Gasteiger partial charge in [-0.05, 0) is 37.3 Å². The van der Waals surface area contributed by atoms with Crippen LogP contribution in [0.15, 0.2) is 70.5 Å². The van der Waals surface area contributed by atoms with E-state index in [0.29, 0.717) is 18.2 Å².